The van der Waals surface area contributed by atoms with Crippen LogP contribution in [0.15, 0.2) is 24.7 Å². The van der Waals surface area contributed by atoms with Gasteiger partial charge in [0, 0.05) is 17.1 Å². The number of alkyl halides is 1. The summed E-state index contributed by atoms with van der Waals surface area (Å²) in [7, 11) is 0. The van der Waals surface area contributed by atoms with E-state index in [9.17, 15) is 27.3 Å². The Morgan fingerprint density at radius 2 is 1.86 bits per heavy atom. The molecule has 0 spiro atoms. The highest BCUT2D eigenvalue weighted by atomic mass is 19.4. The summed E-state index contributed by atoms with van der Waals surface area (Å²) >= 11 is 0. The van der Waals surface area contributed by atoms with Crippen molar-refractivity contribution in [2.75, 3.05) is 0 Å². The molecule has 120 valence electrons. The summed E-state index contributed by atoms with van der Waals surface area (Å²) in [6.45, 7) is 7.47. The monoisotopic (exact) mass is 310 g/mol. The summed E-state index contributed by atoms with van der Waals surface area (Å²) in [5.74, 6) is -4.17. The maximum Gasteiger partial charge on any atom is 0.317 e. The van der Waals surface area contributed by atoms with E-state index in [1.165, 1.54) is 26.1 Å². The van der Waals surface area contributed by atoms with Crippen molar-refractivity contribution in [3.05, 3.63) is 24.7 Å². The molecule has 0 saturated carbocycles. The zero-order valence-corrected chi connectivity index (χ0v) is 12.1. The molecule has 0 bridgehead atoms. The molecule has 0 aliphatic heterocycles. The molecule has 8 heteroatoms. The average molecular weight is 310 g/mol. The number of nitrogens with zero attached hydrogens (tertiary/aromatic N) is 2. The van der Waals surface area contributed by atoms with E-state index in [1.54, 1.807) is 6.92 Å². The smallest absolute Gasteiger partial charge is 0.308 e. The van der Waals surface area contributed by atoms with E-state index < -0.39 is 41.1 Å². The van der Waals surface area contributed by atoms with Crippen molar-refractivity contribution in [1.82, 2.24) is 10.2 Å². The third-order valence-corrected chi connectivity index (χ3v) is 2.85. The van der Waals surface area contributed by atoms with Gasteiger partial charge in [-0.1, -0.05) is 21.6 Å². The molecule has 0 N–H and O–H groups in total. The fraction of sp³-hybridized carbons (Fsp3) is 0.538. The Morgan fingerprint density at radius 1 is 1.33 bits per heavy atom. The van der Waals surface area contributed by atoms with Gasteiger partial charge >= 0.3 is 5.91 Å². The molecule has 1 unspecified atom stereocenters. The van der Waals surface area contributed by atoms with Crippen molar-refractivity contribution >= 4 is 11.8 Å². The predicted molar refractivity (Wildman–Crippen MR) is 69.2 cm³/mol. The van der Waals surface area contributed by atoms with Crippen LogP contribution in [0.25, 0.3) is 0 Å². The van der Waals surface area contributed by atoms with Gasteiger partial charge in [-0.05, 0) is 33.6 Å². The molecule has 0 aromatic heterocycles. The lowest BCUT2D eigenvalue weighted by atomic mass is 9.94. The van der Waals surface area contributed by atoms with Crippen LogP contribution in [0.4, 0.5) is 17.7 Å². The number of allylic oxidation sites excluding steroid dienone is 1. The number of carbonyl (C=O) groups excluding carboxylic acids is 2. The molecule has 2 amide bonds. The minimum absolute atomic E-state index is 0.128. The first kappa shape index (κ1) is 19.1. The first-order valence-electron chi connectivity index (χ1n) is 6.15. The molecule has 0 radical (unpaired) electrons. The second kappa shape index (κ2) is 7.80. The van der Waals surface area contributed by atoms with E-state index in [1.807, 2.05) is 0 Å². The van der Waals surface area contributed by atoms with Crippen LogP contribution in [-0.4, -0.2) is 33.8 Å². The maximum atomic E-state index is 13.3. The summed E-state index contributed by atoms with van der Waals surface area (Å²) in [6, 6.07) is 0. The van der Waals surface area contributed by atoms with Crippen molar-refractivity contribution in [3.63, 3.8) is 0 Å². The summed E-state index contributed by atoms with van der Waals surface area (Å²) in [5, 5.41) is -1.82. The number of halogens is 4. The number of hydrogen-bond donors (Lipinski definition) is 0. The molecule has 1 atom stereocenters. The highest BCUT2D eigenvalue weighted by Crippen LogP contribution is 2.25. The zero-order chi connectivity index (χ0) is 16.8. The first-order chi connectivity index (χ1) is 9.54. The minimum Gasteiger partial charge on any atom is -0.308 e. The third kappa shape index (κ3) is 5.57. The van der Waals surface area contributed by atoms with Crippen molar-refractivity contribution in [2.45, 2.75) is 45.3 Å². The molecule has 21 heavy (non-hydrogen) atoms. The molecule has 0 fully saturated rings. The number of carbonyl (C=O) groups is 2. The van der Waals surface area contributed by atoms with E-state index in [-0.39, 0.29) is 6.42 Å². The second-order valence-electron chi connectivity index (χ2n) is 4.95. The van der Waals surface area contributed by atoms with Gasteiger partial charge in [0.15, 0.2) is 12.0 Å². The van der Waals surface area contributed by atoms with Crippen LogP contribution in [0.2, 0.25) is 0 Å². The zero-order valence-electron chi connectivity index (χ0n) is 12.1. The second-order valence-corrected chi connectivity index (χ2v) is 4.95. The van der Waals surface area contributed by atoms with Crippen molar-refractivity contribution in [3.8, 4) is 0 Å². The third-order valence-electron chi connectivity index (χ3n) is 2.85. The van der Waals surface area contributed by atoms with Crippen molar-refractivity contribution in [2.24, 2.45) is 0 Å². The molecule has 0 saturated heterocycles. The fourth-order valence-electron chi connectivity index (χ4n) is 1.65. The molecular formula is C13H18F4N2O2. The Labute approximate surface area is 120 Å². The highest BCUT2D eigenvalue weighted by Gasteiger charge is 2.33. The molecule has 0 rings (SSSR count). The van der Waals surface area contributed by atoms with Gasteiger partial charge in [-0.15, -0.1) is 0 Å². The van der Waals surface area contributed by atoms with Crippen LogP contribution in [0, 0.1) is 0 Å². The largest absolute Gasteiger partial charge is 0.317 e. The highest BCUT2D eigenvalue weighted by molar-refractivity contribution is 5.91. The fourth-order valence-corrected chi connectivity index (χ4v) is 1.65. The molecule has 0 aromatic rings. The Morgan fingerprint density at radius 3 is 2.24 bits per heavy atom. The normalized spacial score (nSPS) is 13.1. The van der Waals surface area contributed by atoms with Gasteiger partial charge in [0.25, 0.3) is 5.91 Å². The topological polar surface area (TPSA) is 40.6 Å². The Bertz CT molecular complexity index is 436. The maximum absolute atomic E-state index is 13.3. The van der Waals surface area contributed by atoms with Gasteiger partial charge in [0.2, 0.25) is 0 Å². The van der Waals surface area contributed by atoms with Crippen LogP contribution in [0.5, 0.6) is 0 Å². The predicted octanol–water partition coefficient (Wildman–Crippen LogP) is 3.33. The van der Waals surface area contributed by atoms with E-state index >= 15 is 0 Å². The Balaban J connectivity index is 4.96. The summed E-state index contributed by atoms with van der Waals surface area (Å²) in [4.78, 5) is 23.4. The van der Waals surface area contributed by atoms with E-state index in [2.05, 4.69) is 6.58 Å². The molecule has 0 heterocycles. The quantitative estimate of drug-likeness (QED) is 0.411. The molecule has 0 aliphatic rings. The van der Waals surface area contributed by atoms with Crippen molar-refractivity contribution in [1.29, 1.82) is 0 Å². The average Bonchev–Trinajstić information content (AvgIpc) is 2.40. The van der Waals surface area contributed by atoms with E-state index in [4.69, 9.17) is 0 Å². The lowest BCUT2D eigenvalue weighted by molar-refractivity contribution is -0.193. The van der Waals surface area contributed by atoms with Gasteiger partial charge in [0.05, 0.1) is 0 Å². The van der Waals surface area contributed by atoms with Crippen LogP contribution in [0.3, 0.4) is 0 Å². The lowest BCUT2D eigenvalue weighted by Gasteiger charge is -2.36. The molecule has 0 aliphatic carbocycles. The number of amides is 2. The Kier molecular flexibility index (Phi) is 7.11. The molecule has 0 aromatic carbocycles. The van der Waals surface area contributed by atoms with Gasteiger partial charge < -0.3 is 4.90 Å². The summed E-state index contributed by atoms with van der Waals surface area (Å²) < 4.78 is 50.1. The SMILES string of the molecule is C=C(F)C(=O)N(/C=C/C)C(C)(C)CCC(F)C(=O)N(F)F. The summed E-state index contributed by atoms with van der Waals surface area (Å²) in [6.07, 6.45) is -0.312. The van der Waals surface area contributed by atoms with E-state index in [0.717, 1.165) is 4.90 Å². The van der Waals surface area contributed by atoms with Gasteiger partial charge in [-0.25, -0.2) is 8.78 Å². The number of rotatable bonds is 7. The lowest BCUT2D eigenvalue weighted by Crippen LogP contribution is -2.45. The minimum atomic E-state index is -2.39. The van der Waals surface area contributed by atoms with Crippen LogP contribution < -0.4 is 0 Å². The molecule has 4 nitrogen and oxygen atoms in total. The van der Waals surface area contributed by atoms with E-state index in [0.29, 0.717) is 0 Å². The standard InChI is InChI=1S/C13H18F4N2O2/c1-5-8-18(11(20)9(2)14)13(3,4)7-6-10(15)12(21)19(16)17/h5,8,10H,2,6-7H2,1,3-4H3/b8-5+. The summed E-state index contributed by atoms with van der Waals surface area (Å²) in [5.41, 5.74) is -1.08. The first-order valence-corrected chi connectivity index (χ1v) is 6.15. The van der Waals surface area contributed by atoms with Crippen LogP contribution >= 0.6 is 0 Å². The van der Waals surface area contributed by atoms with Gasteiger partial charge in [0.1, 0.15) is 0 Å². The van der Waals surface area contributed by atoms with Crippen molar-refractivity contribution < 1.29 is 27.3 Å². The molecular weight excluding hydrogens is 292 g/mol. The van der Waals surface area contributed by atoms with Crippen LogP contribution in [-0.2, 0) is 9.59 Å². The van der Waals surface area contributed by atoms with Crippen LogP contribution in [0.1, 0.15) is 33.6 Å². The number of hydrogen-bond acceptors (Lipinski definition) is 2. The van der Waals surface area contributed by atoms with Gasteiger partial charge in [-0.3, -0.25) is 9.59 Å². The Hall–Kier alpha value is -1.86. The van der Waals surface area contributed by atoms with Gasteiger partial charge in [-0.2, -0.15) is 0 Å².